The summed E-state index contributed by atoms with van der Waals surface area (Å²) in [6, 6.07) is 12.3. The zero-order valence-electron chi connectivity index (χ0n) is 13.0. The van der Waals surface area contributed by atoms with Gasteiger partial charge in [0.1, 0.15) is 0 Å². The van der Waals surface area contributed by atoms with Gasteiger partial charge >= 0.3 is 0 Å². The molecule has 0 bridgehead atoms. The van der Waals surface area contributed by atoms with E-state index in [0.29, 0.717) is 18.1 Å². The molecule has 1 aromatic rings. The van der Waals surface area contributed by atoms with E-state index in [-0.39, 0.29) is 0 Å². The molecule has 1 N–H and O–H groups in total. The van der Waals surface area contributed by atoms with E-state index < -0.39 is 0 Å². The van der Waals surface area contributed by atoms with Gasteiger partial charge in [0.2, 0.25) is 0 Å². The number of benzene rings is 1. The first kappa shape index (κ1) is 15.5. The standard InChI is InChI=1S/C17H28N2O/c1-4-8-16-11-18-17(15-9-6-5-7-10-15)12-19(16)14(2)13-20-3/h5-7,9-10,14,16-18H,4,8,11-13H2,1-3H3. The maximum Gasteiger partial charge on any atom is 0.0615 e. The average Bonchev–Trinajstić information content (AvgIpc) is 2.49. The summed E-state index contributed by atoms with van der Waals surface area (Å²) < 4.78 is 5.36. The Bertz CT molecular complexity index is 382. The Morgan fingerprint density at radius 1 is 1.35 bits per heavy atom. The fourth-order valence-electron chi connectivity index (χ4n) is 3.21. The van der Waals surface area contributed by atoms with Gasteiger partial charge in [0.05, 0.1) is 6.61 Å². The van der Waals surface area contributed by atoms with E-state index >= 15 is 0 Å². The summed E-state index contributed by atoms with van der Waals surface area (Å²) in [7, 11) is 1.79. The first-order valence-corrected chi connectivity index (χ1v) is 7.79. The lowest BCUT2D eigenvalue weighted by Gasteiger charge is -2.43. The number of hydrogen-bond acceptors (Lipinski definition) is 3. The van der Waals surface area contributed by atoms with Crippen molar-refractivity contribution in [2.75, 3.05) is 26.8 Å². The van der Waals surface area contributed by atoms with E-state index in [2.05, 4.69) is 54.4 Å². The van der Waals surface area contributed by atoms with Gasteiger partial charge in [-0.3, -0.25) is 4.90 Å². The van der Waals surface area contributed by atoms with Crippen LogP contribution in [-0.4, -0.2) is 43.8 Å². The Kier molecular flexibility index (Phi) is 6.02. The third-order valence-electron chi connectivity index (χ3n) is 4.26. The van der Waals surface area contributed by atoms with Crippen LogP contribution in [-0.2, 0) is 4.74 Å². The summed E-state index contributed by atoms with van der Waals surface area (Å²) in [6.07, 6.45) is 2.49. The minimum absolute atomic E-state index is 0.434. The quantitative estimate of drug-likeness (QED) is 0.864. The molecular formula is C17H28N2O. The third kappa shape index (κ3) is 3.81. The molecule has 3 nitrogen and oxygen atoms in total. The molecule has 0 aromatic heterocycles. The summed E-state index contributed by atoms with van der Waals surface area (Å²) >= 11 is 0. The number of rotatable bonds is 6. The predicted molar refractivity (Wildman–Crippen MR) is 83.9 cm³/mol. The Hall–Kier alpha value is -0.900. The van der Waals surface area contributed by atoms with Crippen molar-refractivity contribution < 1.29 is 4.74 Å². The molecule has 0 spiro atoms. The molecule has 0 aliphatic carbocycles. The molecule has 0 radical (unpaired) electrons. The molecule has 20 heavy (non-hydrogen) atoms. The normalized spacial score (nSPS) is 25.6. The summed E-state index contributed by atoms with van der Waals surface area (Å²) in [5.41, 5.74) is 1.39. The molecule has 0 amide bonds. The highest BCUT2D eigenvalue weighted by Crippen LogP contribution is 2.23. The summed E-state index contributed by atoms with van der Waals surface area (Å²) in [5.74, 6) is 0. The van der Waals surface area contributed by atoms with Gasteiger partial charge in [0.15, 0.2) is 0 Å². The number of nitrogens with zero attached hydrogens (tertiary/aromatic N) is 1. The van der Waals surface area contributed by atoms with Crippen LogP contribution < -0.4 is 5.32 Å². The van der Waals surface area contributed by atoms with Crippen LogP contribution in [0.5, 0.6) is 0 Å². The first-order valence-electron chi connectivity index (χ1n) is 7.79. The molecule has 1 fully saturated rings. The van der Waals surface area contributed by atoms with Crippen LogP contribution in [0.1, 0.15) is 38.3 Å². The summed E-state index contributed by atoms with van der Waals surface area (Å²) in [5, 5.41) is 3.71. The van der Waals surface area contributed by atoms with Crippen molar-refractivity contribution in [3.8, 4) is 0 Å². The maximum absolute atomic E-state index is 5.36. The molecule has 1 aliphatic rings. The van der Waals surface area contributed by atoms with Crippen LogP contribution >= 0.6 is 0 Å². The molecule has 1 saturated heterocycles. The lowest BCUT2D eigenvalue weighted by Crippen LogP contribution is -2.56. The van der Waals surface area contributed by atoms with Gasteiger partial charge in [-0.1, -0.05) is 43.7 Å². The van der Waals surface area contributed by atoms with Crippen molar-refractivity contribution in [3.63, 3.8) is 0 Å². The molecule has 112 valence electrons. The number of nitrogens with one attached hydrogen (secondary N) is 1. The second-order valence-corrected chi connectivity index (χ2v) is 5.82. The van der Waals surface area contributed by atoms with E-state index in [0.717, 1.165) is 19.7 Å². The minimum Gasteiger partial charge on any atom is -0.383 e. The van der Waals surface area contributed by atoms with Gasteiger partial charge in [-0.2, -0.15) is 0 Å². The molecule has 3 atom stereocenters. The molecule has 3 unspecified atom stereocenters. The lowest BCUT2D eigenvalue weighted by atomic mass is 9.98. The monoisotopic (exact) mass is 276 g/mol. The van der Waals surface area contributed by atoms with Gasteiger partial charge < -0.3 is 10.1 Å². The average molecular weight is 276 g/mol. The van der Waals surface area contributed by atoms with Crippen molar-refractivity contribution in [3.05, 3.63) is 35.9 Å². The van der Waals surface area contributed by atoms with Crippen molar-refractivity contribution in [2.24, 2.45) is 0 Å². The fourth-order valence-corrected chi connectivity index (χ4v) is 3.21. The SMILES string of the molecule is CCCC1CNC(c2ccccc2)CN1C(C)COC. The largest absolute Gasteiger partial charge is 0.383 e. The van der Waals surface area contributed by atoms with Gasteiger partial charge in [-0.25, -0.2) is 0 Å². The van der Waals surface area contributed by atoms with Crippen LogP contribution in [0.25, 0.3) is 0 Å². The van der Waals surface area contributed by atoms with Crippen molar-refractivity contribution in [1.29, 1.82) is 0 Å². The second kappa shape index (κ2) is 7.77. The van der Waals surface area contributed by atoms with Crippen LogP contribution in [0.2, 0.25) is 0 Å². The Morgan fingerprint density at radius 2 is 2.10 bits per heavy atom. The Balaban J connectivity index is 2.07. The van der Waals surface area contributed by atoms with Gasteiger partial charge in [-0.15, -0.1) is 0 Å². The number of ether oxygens (including phenoxy) is 1. The lowest BCUT2D eigenvalue weighted by molar-refractivity contribution is 0.0376. The highest BCUT2D eigenvalue weighted by Gasteiger charge is 2.30. The third-order valence-corrected chi connectivity index (χ3v) is 4.26. The highest BCUT2D eigenvalue weighted by molar-refractivity contribution is 5.20. The molecule has 1 heterocycles. The van der Waals surface area contributed by atoms with Crippen LogP contribution in [0.4, 0.5) is 0 Å². The van der Waals surface area contributed by atoms with Crippen molar-refractivity contribution in [2.45, 2.75) is 44.8 Å². The van der Waals surface area contributed by atoms with E-state index in [4.69, 9.17) is 4.74 Å². The maximum atomic E-state index is 5.36. The van der Waals surface area contributed by atoms with E-state index in [1.807, 2.05) is 0 Å². The molecule has 1 aliphatic heterocycles. The molecule has 1 aromatic carbocycles. The minimum atomic E-state index is 0.434. The van der Waals surface area contributed by atoms with E-state index in [1.54, 1.807) is 7.11 Å². The zero-order valence-corrected chi connectivity index (χ0v) is 13.0. The fraction of sp³-hybridized carbons (Fsp3) is 0.647. The van der Waals surface area contributed by atoms with E-state index in [1.165, 1.54) is 18.4 Å². The van der Waals surface area contributed by atoms with Crippen LogP contribution in [0, 0.1) is 0 Å². The Labute approximate surface area is 123 Å². The smallest absolute Gasteiger partial charge is 0.0615 e. The molecule has 2 rings (SSSR count). The van der Waals surface area contributed by atoms with E-state index in [9.17, 15) is 0 Å². The number of hydrogen-bond donors (Lipinski definition) is 1. The topological polar surface area (TPSA) is 24.5 Å². The van der Waals surface area contributed by atoms with Crippen LogP contribution in [0.15, 0.2) is 30.3 Å². The summed E-state index contributed by atoms with van der Waals surface area (Å²) in [4.78, 5) is 2.63. The van der Waals surface area contributed by atoms with Crippen LogP contribution in [0.3, 0.4) is 0 Å². The highest BCUT2D eigenvalue weighted by atomic mass is 16.5. The number of piperazine rings is 1. The summed E-state index contributed by atoms with van der Waals surface area (Å²) in [6.45, 7) is 7.49. The van der Waals surface area contributed by atoms with Crippen molar-refractivity contribution in [1.82, 2.24) is 10.2 Å². The van der Waals surface area contributed by atoms with Crippen molar-refractivity contribution >= 4 is 0 Å². The molecular weight excluding hydrogens is 248 g/mol. The second-order valence-electron chi connectivity index (χ2n) is 5.82. The van der Waals surface area contributed by atoms with Gasteiger partial charge in [0, 0.05) is 38.3 Å². The first-order chi connectivity index (χ1) is 9.76. The number of methoxy groups -OCH3 is 1. The van der Waals surface area contributed by atoms with Gasteiger partial charge in [-0.05, 0) is 18.9 Å². The Morgan fingerprint density at radius 3 is 2.75 bits per heavy atom. The molecule has 0 saturated carbocycles. The molecule has 3 heteroatoms. The zero-order chi connectivity index (χ0) is 14.4. The predicted octanol–water partition coefficient (Wildman–Crippen LogP) is 2.84. The van der Waals surface area contributed by atoms with Gasteiger partial charge in [0.25, 0.3) is 0 Å².